The highest BCUT2D eigenvalue weighted by atomic mass is 16.2. The molecule has 0 spiro atoms. The van der Waals surface area contributed by atoms with Crippen LogP contribution in [0.5, 0.6) is 0 Å². The molecule has 1 atom stereocenters. The molecular weight excluding hydrogens is 208 g/mol. The Labute approximate surface area is 96.0 Å². The molecule has 5 nitrogen and oxygen atoms in total. The van der Waals surface area contributed by atoms with E-state index in [0.29, 0.717) is 0 Å². The minimum atomic E-state index is -0.633. The van der Waals surface area contributed by atoms with Gasteiger partial charge in [0.15, 0.2) is 0 Å². The summed E-state index contributed by atoms with van der Waals surface area (Å²) in [6.07, 6.45) is -0.187. The average molecular weight is 228 g/mol. The second-order valence-electron chi connectivity index (χ2n) is 4.91. The summed E-state index contributed by atoms with van der Waals surface area (Å²) >= 11 is 0. The number of nitrogens with one attached hydrogen (secondary N) is 2. The molecule has 0 aliphatic rings. The number of carbonyl (C=O) groups excluding carboxylic acids is 3. The molecule has 2 amide bonds. The summed E-state index contributed by atoms with van der Waals surface area (Å²) in [6.45, 7) is 8.48. The van der Waals surface area contributed by atoms with Crippen molar-refractivity contribution in [3.8, 4) is 0 Å². The SMILES string of the molecule is CC(=O)CC(=O)NC(C)C(=O)NC(C)(C)C. The maximum Gasteiger partial charge on any atom is 0.242 e. The van der Waals surface area contributed by atoms with E-state index in [1.54, 1.807) is 6.92 Å². The average Bonchev–Trinajstić information content (AvgIpc) is 1.98. The van der Waals surface area contributed by atoms with Gasteiger partial charge in [-0.15, -0.1) is 0 Å². The summed E-state index contributed by atoms with van der Waals surface area (Å²) in [6, 6.07) is -0.633. The van der Waals surface area contributed by atoms with Crippen molar-refractivity contribution in [3.05, 3.63) is 0 Å². The van der Waals surface area contributed by atoms with Crippen molar-refractivity contribution in [2.75, 3.05) is 0 Å². The van der Waals surface area contributed by atoms with Gasteiger partial charge in [0.1, 0.15) is 11.8 Å². The van der Waals surface area contributed by atoms with Gasteiger partial charge in [0.2, 0.25) is 11.8 Å². The van der Waals surface area contributed by atoms with Crippen molar-refractivity contribution in [3.63, 3.8) is 0 Å². The Bertz CT molecular complexity index is 292. The van der Waals surface area contributed by atoms with Gasteiger partial charge in [-0.25, -0.2) is 0 Å². The van der Waals surface area contributed by atoms with Gasteiger partial charge in [0.25, 0.3) is 0 Å². The number of ketones is 1. The molecule has 0 aromatic heterocycles. The fourth-order valence-corrected chi connectivity index (χ4v) is 1.06. The molecule has 0 saturated carbocycles. The van der Waals surface area contributed by atoms with Crippen molar-refractivity contribution in [1.82, 2.24) is 10.6 Å². The fourth-order valence-electron chi connectivity index (χ4n) is 1.06. The first-order valence-electron chi connectivity index (χ1n) is 5.22. The molecule has 2 N–H and O–H groups in total. The van der Waals surface area contributed by atoms with Crippen LogP contribution in [0.3, 0.4) is 0 Å². The smallest absolute Gasteiger partial charge is 0.242 e. The van der Waals surface area contributed by atoms with E-state index in [1.165, 1.54) is 6.92 Å². The minimum absolute atomic E-state index is 0.187. The van der Waals surface area contributed by atoms with E-state index in [1.807, 2.05) is 20.8 Å². The molecule has 0 heterocycles. The highest BCUT2D eigenvalue weighted by Gasteiger charge is 2.20. The summed E-state index contributed by atoms with van der Waals surface area (Å²) < 4.78 is 0. The molecule has 0 aliphatic heterocycles. The lowest BCUT2D eigenvalue weighted by atomic mass is 10.1. The summed E-state index contributed by atoms with van der Waals surface area (Å²) in [4.78, 5) is 33.5. The van der Waals surface area contributed by atoms with E-state index in [4.69, 9.17) is 0 Å². The third-order valence-corrected chi connectivity index (χ3v) is 1.68. The van der Waals surface area contributed by atoms with Gasteiger partial charge in [-0.2, -0.15) is 0 Å². The van der Waals surface area contributed by atoms with Crippen LogP contribution in [0.15, 0.2) is 0 Å². The molecule has 16 heavy (non-hydrogen) atoms. The second-order valence-corrected chi connectivity index (χ2v) is 4.91. The first-order chi connectivity index (χ1) is 7.11. The lowest BCUT2D eigenvalue weighted by molar-refractivity contribution is -0.132. The number of amides is 2. The standard InChI is InChI=1S/C11H20N2O3/c1-7(14)6-9(15)12-8(2)10(16)13-11(3,4)5/h8H,6H2,1-5H3,(H,12,15)(H,13,16). The zero-order valence-electron chi connectivity index (χ0n) is 10.5. The van der Waals surface area contributed by atoms with Crippen LogP contribution in [0.2, 0.25) is 0 Å². The van der Waals surface area contributed by atoms with Crippen LogP contribution < -0.4 is 10.6 Å². The van der Waals surface area contributed by atoms with Crippen molar-refractivity contribution in [2.45, 2.75) is 52.6 Å². The highest BCUT2D eigenvalue weighted by molar-refractivity contribution is 5.98. The number of hydrogen-bond acceptors (Lipinski definition) is 3. The summed E-state index contributed by atoms with van der Waals surface area (Å²) in [7, 11) is 0. The normalized spacial score (nSPS) is 12.8. The van der Waals surface area contributed by atoms with E-state index in [9.17, 15) is 14.4 Å². The molecule has 0 rings (SSSR count). The van der Waals surface area contributed by atoms with Crippen LogP contribution in [0.4, 0.5) is 0 Å². The fraction of sp³-hybridized carbons (Fsp3) is 0.727. The van der Waals surface area contributed by atoms with Crippen LogP contribution in [0, 0.1) is 0 Å². The molecule has 0 radical (unpaired) electrons. The maximum atomic E-state index is 11.6. The predicted octanol–water partition coefficient (Wildman–Crippen LogP) is 0.385. The number of Topliss-reactive ketones (excluding diaryl/α,β-unsaturated/α-hetero) is 1. The van der Waals surface area contributed by atoms with Crippen LogP contribution >= 0.6 is 0 Å². The van der Waals surface area contributed by atoms with Crippen molar-refractivity contribution in [2.24, 2.45) is 0 Å². The van der Waals surface area contributed by atoms with Gasteiger partial charge < -0.3 is 10.6 Å². The quantitative estimate of drug-likeness (QED) is 0.683. The molecule has 92 valence electrons. The topological polar surface area (TPSA) is 75.3 Å². The van der Waals surface area contributed by atoms with Gasteiger partial charge in [0, 0.05) is 5.54 Å². The summed E-state index contributed by atoms with van der Waals surface area (Å²) in [5, 5.41) is 5.20. The van der Waals surface area contributed by atoms with E-state index in [2.05, 4.69) is 10.6 Å². The summed E-state index contributed by atoms with van der Waals surface area (Å²) in [5.74, 6) is -0.908. The number of hydrogen-bond donors (Lipinski definition) is 2. The van der Waals surface area contributed by atoms with Crippen LogP contribution in [0.1, 0.15) is 41.0 Å². The monoisotopic (exact) mass is 228 g/mol. The molecule has 0 bridgehead atoms. The van der Waals surface area contributed by atoms with Crippen LogP contribution in [0.25, 0.3) is 0 Å². The van der Waals surface area contributed by atoms with E-state index in [-0.39, 0.29) is 23.7 Å². The first kappa shape index (κ1) is 14.6. The number of carbonyl (C=O) groups is 3. The van der Waals surface area contributed by atoms with E-state index < -0.39 is 11.9 Å². The second kappa shape index (κ2) is 5.63. The lowest BCUT2D eigenvalue weighted by Gasteiger charge is -2.23. The van der Waals surface area contributed by atoms with Gasteiger partial charge in [0.05, 0.1) is 6.42 Å². The Morgan fingerprint density at radius 3 is 2.06 bits per heavy atom. The molecule has 0 aromatic rings. The first-order valence-corrected chi connectivity index (χ1v) is 5.22. The minimum Gasteiger partial charge on any atom is -0.350 e. The van der Waals surface area contributed by atoms with Gasteiger partial charge in [-0.3, -0.25) is 14.4 Å². The van der Waals surface area contributed by atoms with E-state index in [0.717, 1.165) is 0 Å². The Balaban J connectivity index is 4.16. The molecule has 0 fully saturated rings. The maximum absolute atomic E-state index is 11.6. The Morgan fingerprint density at radius 1 is 1.19 bits per heavy atom. The van der Waals surface area contributed by atoms with Crippen LogP contribution in [-0.2, 0) is 14.4 Å². The predicted molar refractivity (Wildman–Crippen MR) is 60.8 cm³/mol. The Hall–Kier alpha value is -1.39. The van der Waals surface area contributed by atoms with Crippen molar-refractivity contribution in [1.29, 1.82) is 0 Å². The van der Waals surface area contributed by atoms with Crippen molar-refractivity contribution < 1.29 is 14.4 Å². The third kappa shape index (κ3) is 6.98. The molecule has 0 aromatic carbocycles. The van der Waals surface area contributed by atoms with E-state index >= 15 is 0 Å². The molecule has 5 heteroatoms. The Kier molecular flexibility index (Phi) is 5.14. The van der Waals surface area contributed by atoms with Crippen molar-refractivity contribution >= 4 is 17.6 Å². The third-order valence-electron chi connectivity index (χ3n) is 1.68. The Morgan fingerprint density at radius 2 is 1.69 bits per heavy atom. The lowest BCUT2D eigenvalue weighted by Crippen LogP contribution is -2.51. The van der Waals surface area contributed by atoms with Gasteiger partial charge >= 0.3 is 0 Å². The molecule has 0 saturated heterocycles. The molecule has 1 unspecified atom stereocenters. The highest BCUT2D eigenvalue weighted by Crippen LogP contribution is 1.99. The van der Waals surface area contributed by atoms with Crippen LogP contribution in [-0.4, -0.2) is 29.2 Å². The number of rotatable bonds is 4. The molecular formula is C11H20N2O3. The van der Waals surface area contributed by atoms with Gasteiger partial charge in [-0.05, 0) is 34.6 Å². The zero-order chi connectivity index (χ0) is 12.9. The largest absolute Gasteiger partial charge is 0.350 e. The summed E-state index contributed by atoms with van der Waals surface area (Å²) in [5.41, 5.74) is -0.337. The molecule has 0 aliphatic carbocycles. The zero-order valence-corrected chi connectivity index (χ0v) is 10.5. The van der Waals surface area contributed by atoms with Gasteiger partial charge in [-0.1, -0.05) is 0 Å².